The highest BCUT2D eigenvalue weighted by Crippen LogP contribution is 2.33. The van der Waals surface area contributed by atoms with Gasteiger partial charge in [-0.15, -0.1) is 0 Å². The van der Waals surface area contributed by atoms with Gasteiger partial charge in [-0.2, -0.15) is 11.8 Å². The van der Waals surface area contributed by atoms with Crippen LogP contribution in [0.4, 0.5) is 0 Å². The summed E-state index contributed by atoms with van der Waals surface area (Å²) in [6, 6.07) is 0. The van der Waals surface area contributed by atoms with Crippen LogP contribution < -0.4 is 0 Å². The minimum absolute atomic E-state index is 0.144. The second-order valence-corrected chi connectivity index (χ2v) is 5.62. The van der Waals surface area contributed by atoms with E-state index in [0.717, 1.165) is 0 Å². The molecular weight excluding hydrogens is 210 g/mol. The third kappa shape index (κ3) is 2.48. The highest BCUT2D eigenvalue weighted by Gasteiger charge is 2.46. The predicted molar refractivity (Wildman–Crippen MR) is 63.9 cm³/mol. The molecule has 3 nitrogen and oxygen atoms in total. The van der Waals surface area contributed by atoms with Gasteiger partial charge in [0.1, 0.15) is 0 Å². The molecule has 0 saturated carbocycles. The normalized spacial score (nSPS) is 31.3. The monoisotopic (exact) mass is 231 g/mol. The summed E-state index contributed by atoms with van der Waals surface area (Å²) in [6.07, 6.45) is 1.92. The summed E-state index contributed by atoms with van der Waals surface area (Å²) < 4.78 is 0. The molecule has 0 aromatic carbocycles. The van der Waals surface area contributed by atoms with Crippen molar-refractivity contribution in [1.29, 1.82) is 0 Å². The lowest BCUT2D eigenvalue weighted by Gasteiger charge is -2.30. The van der Waals surface area contributed by atoms with Crippen LogP contribution in [-0.4, -0.2) is 46.6 Å². The fourth-order valence-corrected chi connectivity index (χ4v) is 2.60. The molecule has 0 aromatic rings. The number of thioether (sulfide) groups is 1. The van der Waals surface area contributed by atoms with Crippen molar-refractivity contribution in [2.24, 2.45) is 11.8 Å². The zero-order chi connectivity index (χ0) is 11.6. The largest absolute Gasteiger partial charge is 0.387 e. The zero-order valence-corrected chi connectivity index (χ0v) is 10.8. The van der Waals surface area contributed by atoms with Gasteiger partial charge in [-0.25, -0.2) is 0 Å². The first-order valence-electron chi connectivity index (χ1n) is 5.41. The molecule has 1 saturated heterocycles. The Bertz CT molecular complexity index is 245. The minimum Gasteiger partial charge on any atom is -0.387 e. The Morgan fingerprint density at radius 3 is 2.67 bits per heavy atom. The van der Waals surface area contributed by atoms with E-state index < -0.39 is 5.60 Å². The molecule has 88 valence electrons. The van der Waals surface area contributed by atoms with Crippen LogP contribution in [0.5, 0.6) is 0 Å². The topological polar surface area (TPSA) is 40.5 Å². The number of β-amino-alcohol motifs (C(OH)–C–C–N with tert-alkyl or cyclic N) is 1. The van der Waals surface area contributed by atoms with E-state index in [9.17, 15) is 9.90 Å². The summed E-state index contributed by atoms with van der Waals surface area (Å²) in [5, 5.41) is 10.4. The van der Waals surface area contributed by atoms with Crippen molar-refractivity contribution < 1.29 is 9.90 Å². The van der Waals surface area contributed by atoms with Gasteiger partial charge in [0, 0.05) is 19.0 Å². The quantitative estimate of drug-likeness (QED) is 0.794. The molecule has 1 aliphatic rings. The molecule has 1 amide bonds. The molecule has 1 N–H and O–H groups in total. The van der Waals surface area contributed by atoms with Crippen LogP contribution in [0.3, 0.4) is 0 Å². The zero-order valence-electron chi connectivity index (χ0n) is 9.99. The van der Waals surface area contributed by atoms with Crippen LogP contribution in [0.25, 0.3) is 0 Å². The van der Waals surface area contributed by atoms with E-state index in [2.05, 4.69) is 0 Å². The van der Waals surface area contributed by atoms with Crippen LogP contribution >= 0.6 is 11.8 Å². The van der Waals surface area contributed by atoms with E-state index in [1.165, 1.54) is 11.8 Å². The Hall–Kier alpha value is -0.220. The molecule has 2 atom stereocenters. The molecule has 0 aliphatic carbocycles. The fourth-order valence-electron chi connectivity index (χ4n) is 2.17. The van der Waals surface area contributed by atoms with E-state index >= 15 is 0 Å². The van der Waals surface area contributed by atoms with Gasteiger partial charge in [0.05, 0.1) is 11.4 Å². The number of likely N-dealkylation sites (tertiary alicyclic amines) is 1. The number of hydrogen-bond acceptors (Lipinski definition) is 3. The van der Waals surface area contributed by atoms with Crippen molar-refractivity contribution in [1.82, 2.24) is 4.90 Å². The Balaban J connectivity index is 2.67. The minimum atomic E-state index is -0.700. The van der Waals surface area contributed by atoms with Gasteiger partial charge in [0.15, 0.2) is 0 Å². The maximum atomic E-state index is 11.7. The predicted octanol–water partition coefficient (Wildman–Crippen LogP) is 1.21. The van der Waals surface area contributed by atoms with Crippen LogP contribution in [0, 0.1) is 11.8 Å². The third-order valence-electron chi connectivity index (χ3n) is 3.41. The van der Waals surface area contributed by atoms with E-state index in [0.29, 0.717) is 18.8 Å². The number of amides is 1. The van der Waals surface area contributed by atoms with Crippen LogP contribution in [0.2, 0.25) is 0 Å². The smallest absolute Gasteiger partial charge is 0.232 e. The lowest BCUT2D eigenvalue weighted by Crippen LogP contribution is -2.43. The lowest BCUT2D eigenvalue weighted by atomic mass is 9.82. The van der Waals surface area contributed by atoms with Gasteiger partial charge >= 0.3 is 0 Å². The average molecular weight is 231 g/mol. The molecular formula is C11H21NO2S. The summed E-state index contributed by atoms with van der Waals surface area (Å²) >= 11 is 1.53. The number of hydrogen-bond donors (Lipinski definition) is 1. The molecule has 1 fully saturated rings. The van der Waals surface area contributed by atoms with Gasteiger partial charge < -0.3 is 10.0 Å². The second-order valence-electron chi connectivity index (χ2n) is 4.75. The highest BCUT2D eigenvalue weighted by atomic mass is 32.2. The number of carbonyl (C=O) groups excluding carboxylic acids is 1. The molecule has 1 rings (SSSR count). The number of rotatable bonds is 3. The van der Waals surface area contributed by atoms with E-state index in [4.69, 9.17) is 0 Å². The number of nitrogens with zero attached hydrogens (tertiary/aromatic N) is 1. The van der Waals surface area contributed by atoms with Crippen molar-refractivity contribution >= 4 is 17.7 Å². The van der Waals surface area contributed by atoms with E-state index in [1.54, 1.807) is 4.90 Å². The van der Waals surface area contributed by atoms with Gasteiger partial charge in [-0.3, -0.25) is 4.79 Å². The van der Waals surface area contributed by atoms with Gasteiger partial charge in [0.25, 0.3) is 0 Å². The third-order valence-corrected chi connectivity index (χ3v) is 3.95. The van der Waals surface area contributed by atoms with Crippen LogP contribution in [0.1, 0.15) is 20.8 Å². The highest BCUT2D eigenvalue weighted by molar-refractivity contribution is 7.99. The van der Waals surface area contributed by atoms with Gasteiger partial charge in [0.2, 0.25) is 5.91 Å². The lowest BCUT2D eigenvalue weighted by molar-refractivity contribution is -0.128. The molecule has 0 aromatic heterocycles. The molecule has 0 radical (unpaired) electrons. The first-order chi connectivity index (χ1) is 6.91. The van der Waals surface area contributed by atoms with Crippen molar-refractivity contribution in [3.05, 3.63) is 0 Å². The molecule has 0 spiro atoms. The molecule has 1 aliphatic heterocycles. The Morgan fingerprint density at radius 2 is 2.27 bits per heavy atom. The van der Waals surface area contributed by atoms with Crippen molar-refractivity contribution in [3.63, 3.8) is 0 Å². The first-order valence-corrected chi connectivity index (χ1v) is 6.80. The maximum Gasteiger partial charge on any atom is 0.232 e. The summed E-state index contributed by atoms with van der Waals surface area (Å²) in [7, 11) is 0. The fraction of sp³-hybridized carbons (Fsp3) is 0.909. The second kappa shape index (κ2) is 4.74. The van der Waals surface area contributed by atoms with Crippen LogP contribution in [-0.2, 0) is 4.79 Å². The van der Waals surface area contributed by atoms with E-state index in [-0.39, 0.29) is 17.7 Å². The Labute approximate surface area is 96.2 Å². The number of aliphatic hydroxyl groups is 1. The SMILES string of the molecule is CSCC(=O)N1CC(C)C(O)(C(C)C)C1. The summed E-state index contributed by atoms with van der Waals surface area (Å²) in [5.41, 5.74) is -0.700. The Morgan fingerprint density at radius 1 is 1.67 bits per heavy atom. The summed E-state index contributed by atoms with van der Waals surface area (Å²) in [5.74, 6) is 1.02. The average Bonchev–Trinajstić information content (AvgIpc) is 2.45. The molecule has 15 heavy (non-hydrogen) atoms. The number of carbonyl (C=O) groups is 1. The molecule has 1 heterocycles. The standard InChI is InChI=1S/C11H21NO2S/c1-8(2)11(14)7-12(5-9(11)3)10(13)6-15-4/h8-9,14H,5-7H2,1-4H3. The first kappa shape index (κ1) is 12.8. The van der Waals surface area contributed by atoms with Gasteiger partial charge in [-0.05, 0) is 12.2 Å². The van der Waals surface area contributed by atoms with Crippen molar-refractivity contribution in [2.75, 3.05) is 25.1 Å². The Kier molecular flexibility index (Phi) is 4.06. The van der Waals surface area contributed by atoms with Crippen LogP contribution in [0.15, 0.2) is 0 Å². The summed E-state index contributed by atoms with van der Waals surface area (Å²) in [4.78, 5) is 13.5. The molecule has 2 unspecified atom stereocenters. The summed E-state index contributed by atoms with van der Waals surface area (Å²) in [6.45, 7) is 7.23. The molecule has 4 heteroatoms. The van der Waals surface area contributed by atoms with E-state index in [1.807, 2.05) is 27.0 Å². The maximum absolute atomic E-state index is 11.7. The van der Waals surface area contributed by atoms with Gasteiger partial charge in [-0.1, -0.05) is 20.8 Å². The molecule has 0 bridgehead atoms. The van der Waals surface area contributed by atoms with Crippen molar-refractivity contribution in [3.8, 4) is 0 Å². The van der Waals surface area contributed by atoms with Crippen molar-refractivity contribution in [2.45, 2.75) is 26.4 Å².